The van der Waals surface area contributed by atoms with Crippen molar-refractivity contribution in [2.75, 3.05) is 39.9 Å². The van der Waals surface area contributed by atoms with Crippen LogP contribution in [0, 0.1) is 11.6 Å². The first kappa shape index (κ1) is 21.0. The van der Waals surface area contributed by atoms with E-state index >= 15 is 0 Å². The Hall–Kier alpha value is -1.73. The Labute approximate surface area is 166 Å². The molecule has 0 radical (unpaired) electrons. The highest BCUT2D eigenvalue weighted by molar-refractivity contribution is 5.79. The molecule has 0 bridgehead atoms. The lowest BCUT2D eigenvalue weighted by Crippen LogP contribution is -2.47. The third kappa shape index (κ3) is 5.88. The number of hydrogen-bond acceptors (Lipinski definition) is 3. The Bertz CT molecular complexity index is 643. The molecule has 156 valence electrons. The first-order valence-electron chi connectivity index (χ1n) is 10.3. The van der Waals surface area contributed by atoms with Crippen LogP contribution in [0.15, 0.2) is 23.2 Å². The molecule has 1 atom stereocenters. The number of halogens is 2. The summed E-state index contributed by atoms with van der Waals surface area (Å²) in [5.41, 5.74) is 0.375. The fraction of sp³-hybridized carbons (Fsp3) is 0.667. The molecule has 0 amide bonds. The minimum absolute atomic E-state index is 0.254. The number of benzene rings is 1. The highest BCUT2D eigenvalue weighted by Crippen LogP contribution is 2.18. The molecule has 1 aromatic rings. The maximum Gasteiger partial charge on any atom is 0.193 e. The van der Waals surface area contributed by atoms with Crippen LogP contribution in [0.1, 0.15) is 37.7 Å². The second-order valence-corrected chi connectivity index (χ2v) is 7.45. The van der Waals surface area contributed by atoms with Crippen LogP contribution >= 0.6 is 0 Å². The summed E-state index contributed by atoms with van der Waals surface area (Å²) >= 11 is 0. The van der Waals surface area contributed by atoms with E-state index in [2.05, 4.69) is 15.2 Å². The van der Waals surface area contributed by atoms with Crippen LogP contribution in [0.2, 0.25) is 0 Å². The number of nitrogens with zero attached hydrogens (tertiary/aromatic N) is 2. The third-order valence-corrected chi connectivity index (χ3v) is 5.45. The molecule has 1 N–H and O–H groups in total. The molecule has 5 nitrogen and oxygen atoms in total. The van der Waals surface area contributed by atoms with Gasteiger partial charge in [0.1, 0.15) is 0 Å². The average molecular weight is 395 g/mol. The van der Waals surface area contributed by atoms with Crippen molar-refractivity contribution in [3.63, 3.8) is 0 Å². The van der Waals surface area contributed by atoms with E-state index in [4.69, 9.17) is 9.47 Å². The smallest absolute Gasteiger partial charge is 0.193 e. The molecule has 0 aromatic heterocycles. The van der Waals surface area contributed by atoms with Crippen molar-refractivity contribution in [3.05, 3.63) is 35.4 Å². The zero-order chi connectivity index (χ0) is 19.8. The minimum atomic E-state index is -0.803. The number of rotatable bonds is 6. The van der Waals surface area contributed by atoms with Crippen LogP contribution in [0.25, 0.3) is 0 Å². The normalized spacial score (nSPS) is 21.8. The van der Waals surface area contributed by atoms with Crippen molar-refractivity contribution in [1.29, 1.82) is 0 Å². The van der Waals surface area contributed by atoms with Gasteiger partial charge >= 0.3 is 0 Å². The van der Waals surface area contributed by atoms with E-state index in [0.717, 1.165) is 57.4 Å². The summed E-state index contributed by atoms with van der Waals surface area (Å²) in [4.78, 5) is 6.52. The van der Waals surface area contributed by atoms with E-state index in [1.54, 1.807) is 13.1 Å². The molecule has 2 aliphatic rings. The summed E-state index contributed by atoms with van der Waals surface area (Å²) < 4.78 is 38.8. The van der Waals surface area contributed by atoms with Gasteiger partial charge in [0.05, 0.1) is 18.8 Å². The zero-order valence-electron chi connectivity index (χ0n) is 16.6. The van der Waals surface area contributed by atoms with Crippen molar-refractivity contribution in [3.8, 4) is 0 Å². The van der Waals surface area contributed by atoms with E-state index in [1.807, 2.05) is 0 Å². The number of piperidine rings is 1. The molecule has 2 aliphatic heterocycles. The second-order valence-electron chi connectivity index (χ2n) is 7.45. The van der Waals surface area contributed by atoms with Gasteiger partial charge in [-0.1, -0.05) is 12.1 Å². The molecule has 3 rings (SSSR count). The predicted octanol–water partition coefficient (Wildman–Crippen LogP) is 3.13. The highest BCUT2D eigenvalue weighted by Gasteiger charge is 2.23. The van der Waals surface area contributed by atoms with Crippen LogP contribution in [0.5, 0.6) is 0 Å². The van der Waals surface area contributed by atoms with Gasteiger partial charge in [-0.15, -0.1) is 0 Å². The van der Waals surface area contributed by atoms with Gasteiger partial charge < -0.3 is 19.7 Å². The Kier molecular flexibility index (Phi) is 8.03. The lowest BCUT2D eigenvalue weighted by Gasteiger charge is -2.35. The van der Waals surface area contributed by atoms with Crippen molar-refractivity contribution in [2.45, 2.75) is 50.7 Å². The van der Waals surface area contributed by atoms with Gasteiger partial charge in [0.15, 0.2) is 17.6 Å². The molecule has 0 saturated carbocycles. The van der Waals surface area contributed by atoms with Crippen molar-refractivity contribution in [2.24, 2.45) is 4.99 Å². The average Bonchev–Trinajstić information content (AvgIpc) is 2.74. The maximum atomic E-state index is 13.7. The van der Waals surface area contributed by atoms with Crippen molar-refractivity contribution >= 4 is 5.96 Å². The number of guanidine groups is 1. The largest absolute Gasteiger partial charge is 0.376 e. The van der Waals surface area contributed by atoms with E-state index in [1.165, 1.54) is 12.5 Å². The predicted molar refractivity (Wildman–Crippen MR) is 106 cm³/mol. The fourth-order valence-electron chi connectivity index (χ4n) is 3.80. The quantitative estimate of drug-likeness (QED) is 0.594. The molecule has 1 unspecified atom stereocenters. The van der Waals surface area contributed by atoms with Gasteiger partial charge in [0.25, 0.3) is 0 Å². The van der Waals surface area contributed by atoms with Crippen molar-refractivity contribution in [1.82, 2.24) is 10.2 Å². The van der Waals surface area contributed by atoms with Gasteiger partial charge in [-0.05, 0) is 50.2 Å². The van der Waals surface area contributed by atoms with E-state index in [0.29, 0.717) is 25.1 Å². The number of nitrogens with one attached hydrogen (secondary N) is 1. The van der Waals surface area contributed by atoms with E-state index in [-0.39, 0.29) is 12.2 Å². The Morgan fingerprint density at radius 2 is 2.07 bits per heavy atom. The summed E-state index contributed by atoms with van der Waals surface area (Å²) in [6, 6.07) is 4.28. The van der Waals surface area contributed by atoms with Crippen LogP contribution in [-0.2, 0) is 15.9 Å². The first-order chi connectivity index (χ1) is 13.7. The van der Waals surface area contributed by atoms with Gasteiger partial charge in [-0.25, -0.2) is 8.78 Å². The summed E-state index contributed by atoms with van der Waals surface area (Å²) in [5, 5.41) is 3.26. The van der Waals surface area contributed by atoms with Gasteiger partial charge in [-0.2, -0.15) is 0 Å². The Morgan fingerprint density at radius 1 is 1.25 bits per heavy atom. The molecule has 1 aromatic carbocycles. The molecule has 2 fully saturated rings. The summed E-state index contributed by atoms with van der Waals surface area (Å²) in [6.45, 7) is 3.78. The topological polar surface area (TPSA) is 46.1 Å². The molecule has 7 heteroatoms. The lowest BCUT2D eigenvalue weighted by atomic mass is 10.1. The SMILES string of the molecule is CN=C(NCCc1cccc(F)c1F)N1CCC(OCC2CCCCO2)CC1. The van der Waals surface area contributed by atoms with E-state index < -0.39 is 11.6 Å². The zero-order valence-corrected chi connectivity index (χ0v) is 16.6. The van der Waals surface area contributed by atoms with Crippen LogP contribution in [-0.4, -0.2) is 63.0 Å². The highest BCUT2D eigenvalue weighted by atomic mass is 19.2. The molecule has 28 heavy (non-hydrogen) atoms. The number of likely N-dealkylation sites (tertiary alicyclic amines) is 1. The summed E-state index contributed by atoms with van der Waals surface area (Å²) in [5.74, 6) is -0.771. The molecule has 2 heterocycles. The van der Waals surface area contributed by atoms with Crippen LogP contribution in [0.4, 0.5) is 8.78 Å². The van der Waals surface area contributed by atoms with Gasteiger partial charge in [0, 0.05) is 33.3 Å². The third-order valence-electron chi connectivity index (χ3n) is 5.45. The maximum absolute atomic E-state index is 13.7. The lowest BCUT2D eigenvalue weighted by molar-refractivity contribution is -0.0721. The monoisotopic (exact) mass is 395 g/mol. The fourth-order valence-corrected chi connectivity index (χ4v) is 3.80. The molecule has 2 saturated heterocycles. The molecular weight excluding hydrogens is 364 g/mol. The summed E-state index contributed by atoms with van der Waals surface area (Å²) in [6.07, 6.45) is 6.31. The first-order valence-corrected chi connectivity index (χ1v) is 10.3. The summed E-state index contributed by atoms with van der Waals surface area (Å²) in [7, 11) is 1.74. The molecule has 0 spiro atoms. The second kappa shape index (κ2) is 10.7. The molecular formula is C21H31F2N3O2. The number of ether oxygens (including phenoxy) is 2. The number of aliphatic imine (C=N–C) groups is 1. The van der Waals surface area contributed by atoms with Gasteiger partial charge in [0.2, 0.25) is 0 Å². The van der Waals surface area contributed by atoms with E-state index in [9.17, 15) is 8.78 Å². The Balaban J connectivity index is 1.38. The number of hydrogen-bond donors (Lipinski definition) is 1. The molecule has 0 aliphatic carbocycles. The Morgan fingerprint density at radius 3 is 2.79 bits per heavy atom. The standard InChI is InChI=1S/C21H31F2N3O2/c1-24-21(25-11-8-16-5-4-7-19(22)20(16)23)26-12-9-17(10-13-26)28-15-18-6-2-3-14-27-18/h4-5,7,17-18H,2-3,6,8-15H2,1H3,(H,24,25). The van der Waals surface area contributed by atoms with Crippen LogP contribution in [0.3, 0.4) is 0 Å². The minimum Gasteiger partial charge on any atom is -0.376 e. The van der Waals surface area contributed by atoms with Gasteiger partial charge in [-0.3, -0.25) is 4.99 Å². The van der Waals surface area contributed by atoms with Crippen molar-refractivity contribution < 1.29 is 18.3 Å². The van der Waals surface area contributed by atoms with Crippen LogP contribution < -0.4 is 5.32 Å².